The van der Waals surface area contributed by atoms with Crippen molar-refractivity contribution < 1.29 is 4.79 Å². The Labute approximate surface area is 114 Å². The molecule has 0 aliphatic carbocycles. The summed E-state index contributed by atoms with van der Waals surface area (Å²) in [6.45, 7) is 11.8. The molecule has 1 rings (SSSR count). The van der Waals surface area contributed by atoms with Gasteiger partial charge in [-0.1, -0.05) is 0 Å². The van der Waals surface area contributed by atoms with Gasteiger partial charge in [-0.05, 0) is 53.7 Å². The van der Waals surface area contributed by atoms with Crippen LogP contribution in [-0.2, 0) is 0 Å². The summed E-state index contributed by atoms with van der Waals surface area (Å²) in [7, 11) is 0. The summed E-state index contributed by atoms with van der Waals surface area (Å²) in [6.07, 6.45) is 1.60. The average molecular weight is 262 g/mol. The molecule has 0 saturated carbocycles. The van der Waals surface area contributed by atoms with E-state index in [0.29, 0.717) is 5.69 Å². The van der Waals surface area contributed by atoms with E-state index in [1.807, 2.05) is 47.6 Å². The summed E-state index contributed by atoms with van der Waals surface area (Å²) in [5.74, 6) is 0. The third-order valence-electron chi connectivity index (χ3n) is 2.38. The van der Waals surface area contributed by atoms with Crippen LogP contribution >= 0.6 is 0 Å². The largest absolute Gasteiger partial charge is 0.344 e. The van der Waals surface area contributed by atoms with E-state index in [1.54, 1.807) is 23.3 Å². The van der Waals surface area contributed by atoms with Gasteiger partial charge in [0.15, 0.2) is 0 Å². The zero-order chi connectivity index (χ0) is 14.8. The number of carbonyl (C=O) groups is 1. The average Bonchev–Trinajstić information content (AvgIpc) is 2.70. The molecule has 1 heterocycles. The molecule has 0 fully saturated rings. The minimum absolute atomic E-state index is 0.247. The highest BCUT2D eigenvalue weighted by Crippen LogP contribution is 2.16. The fraction of sp³-hybridized carbons (Fsp3) is 0.571. The predicted octanol–water partition coefficient (Wildman–Crippen LogP) is 2.73. The Morgan fingerprint density at radius 3 is 2.32 bits per heavy atom. The number of hydrogen-bond acceptors (Lipinski definition) is 3. The van der Waals surface area contributed by atoms with Crippen LogP contribution in [0.2, 0.25) is 0 Å². The molecule has 1 N–H and O–H groups in total. The van der Waals surface area contributed by atoms with Crippen LogP contribution in [0.1, 0.15) is 47.2 Å². The van der Waals surface area contributed by atoms with Crippen molar-refractivity contribution in [2.24, 2.45) is 0 Å². The molecule has 1 aromatic heterocycles. The zero-order valence-corrected chi connectivity index (χ0v) is 12.5. The maximum absolute atomic E-state index is 12.6. The molecule has 0 aliphatic heterocycles. The second kappa shape index (κ2) is 5.06. The topological polar surface area (TPSA) is 61.1 Å². The third kappa shape index (κ3) is 3.83. The highest BCUT2D eigenvalue weighted by atomic mass is 16.2. The maximum atomic E-state index is 12.6. The van der Waals surface area contributed by atoms with E-state index < -0.39 is 5.54 Å². The van der Waals surface area contributed by atoms with Gasteiger partial charge in [-0.3, -0.25) is 9.58 Å². The van der Waals surface area contributed by atoms with E-state index in [1.165, 1.54) is 4.57 Å². The fourth-order valence-corrected chi connectivity index (χ4v) is 1.58. The molecule has 0 spiro atoms. The van der Waals surface area contributed by atoms with Crippen LogP contribution in [0.15, 0.2) is 18.3 Å². The van der Waals surface area contributed by atoms with Gasteiger partial charge >= 0.3 is 6.03 Å². The number of aromatic nitrogens is 1. The first-order chi connectivity index (χ1) is 8.56. The normalized spacial score (nSPS) is 12.1. The summed E-state index contributed by atoms with van der Waals surface area (Å²) in [5, 5.41) is 10.6. The molecule has 1 aromatic rings. The zero-order valence-electron chi connectivity index (χ0n) is 12.5. The Hall–Kier alpha value is -1.80. The molecule has 0 unspecified atom stereocenters. The van der Waals surface area contributed by atoms with Crippen molar-refractivity contribution in [3.63, 3.8) is 0 Å². The van der Waals surface area contributed by atoms with E-state index >= 15 is 0 Å². The summed E-state index contributed by atoms with van der Waals surface area (Å²) >= 11 is 0. The SMILES string of the molecule is CC(C)(C)NN(C(=O)n1cccc1C#N)C(C)(C)C. The molecule has 0 atom stereocenters. The number of nitriles is 1. The molecule has 0 aliphatic rings. The summed E-state index contributed by atoms with van der Waals surface area (Å²) < 4.78 is 1.35. The second-order valence-electron chi connectivity index (χ2n) is 6.53. The monoisotopic (exact) mass is 262 g/mol. The predicted molar refractivity (Wildman–Crippen MR) is 74.4 cm³/mol. The van der Waals surface area contributed by atoms with Crippen molar-refractivity contribution >= 4 is 6.03 Å². The van der Waals surface area contributed by atoms with Crippen LogP contribution in [0, 0.1) is 11.3 Å². The van der Waals surface area contributed by atoms with Gasteiger partial charge in [0.25, 0.3) is 0 Å². The lowest BCUT2D eigenvalue weighted by molar-refractivity contribution is 0.0701. The number of nitrogens with one attached hydrogen (secondary N) is 1. The quantitative estimate of drug-likeness (QED) is 0.792. The van der Waals surface area contributed by atoms with Gasteiger partial charge in [-0.25, -0.2) is 10.2 Å². The van der Waals surface area contributed by atoms with Gasteiger partial charge < -0.3 is 0 Å². The molecule has 104 valence electrons. The first-order valence-corrected chi connectivity index (χ1v) is 6.26. The van der Waals surface area contributed by atoms with Crippen molar-refractivity contribution in [2.75, 3.05) is 0 Å². The molecule has 1 amide bonds. The Balaban J connectivity index is 3.13. The van der Waals surface area contributed by atoms with E-state index in [-0.39, 0.29) is 11.6 Å². The Morgan fingerprint density at radius 1 is 1.32 bits per heavy atom. The van der Waals surface area contributed by atoms with E-state index in [0.717, 1.165) is 0 Å². The lowest BCUT2D eigenvalue weighted by Gasteiger charge is -2.40. The number of amides is 1. The van der Waals surface area contributed by atoms with Crippen LogP contribution in [0.25, 0.3) is 0 Å². The first kappa shape index (κ1) is 15.3. The van der Waals surface area contributed by atoms with Crippen LogP contribution in [-0.4, -0.2) is 26.7 Å². The molecular formula is C14H22N4O. The fourth-order valence-electron chi connectivity index (χ4n) is 1.58. The van der Waals surface area contributed by atoms with E-state index in [2.05, 4.69) is 5.43 Å². The van der Waals surface area contributed by atoms with E-state index in [4.69, 9.17) is 5.26 Å². The van der Waals surface area contributed by atoms with Crippen LogP contribution in [0.5, 0.6) is 0 Å². The number of rotatable bonds is 1. The van der Waals surface area contributed by atoms with Crippen LogP contribution in [0.3, 0.4) is 0 Å². The number of hydrogen-bond donors (Lipinski definition) is 1. The Morgan fingerprint density at radius 2 is 1.89 bits per heavy atom. The van der Waals surface area contributed by atoms with Crippen molar-refractivity contribution in [2.45, 2.75) is 52.6 Å². The third-order valence-corrected chi connectivity index (χ3v) is 2.38. The Kier molecular flexibility index (Phi) is 4.06. The number of carbonyl (C=O) groups excluding carboxylic acids is 1. The molecule has 0 saturated heterocycles. The van der Waals surface area contributed by atoms with Gasteiger partial charge in [0, 0.05) is 11.7 Å². The highest BCUT2D eigenvalue weighted by Gasteiger charge is 2.31. The molecule has 5 nitrogen and oxygen atoms in total. The van der Waals surface area contributed by atoms with Crippen molar-refractivity contribution in [3.05, 3.63) is 24.0 Å². The number of hydrazine groups is 1. The Bertz CT molecular complexity index is 497. The second-order valence-corrected chi connectivity index (χ2v) is 6.53. The summed E-state index contributed by atoms with van der Waals surface area (Å²) in [5.41, 5.74) is 2.87. The van der Waals surface area contributed by atoms with Gasteiger partial charge in [0.1, 0.15) is 11.8 Å². The van der Waals surface area contributed by atoms with E-state index in [9.17, 15) is 4.79 Å². The van der Waals surface area contributed by atoms with Crippen LogP contribution < -0.4 is 5.43 Å². The summed E-state index contributed by atoms with van der Waals surface area (Å²) in [4.78, 5) is 12.6. The first-order valence-electron chi connectivity index (χ1n) is 6.26. The van der Waals surface area contributed by atoms with Gasteiger partial charge in [-0.15, -0.1) is 0 Å². The standard InChI is InChI=1S/C14H22N4O/c1-13(2,3)16-18(14(4,5)6)12(19)17-9-7-8-11(17)10-15/h7-9,16H,1-6H3. The van der Waals surface area contributed by atoms with Crippen molar-refractivity contribution in [1.82, 2.24) is 15.0 Å². The molecule has 19 heavy (non-hydrogen) atoms. The van der Waals surface area contributed by atoms with Crippen molar-refractivity contribution in [1.29, 1.82) is 5.26 Å². The smallest absolute Gasteiger partial charge is 0.259 e. The lowest BCUT2D eigenvalue weighted by atomic mass is 10.1. The van der Waals surface area contributed by atoms with Gasteiger partial charge in [0.05, 0.1) is 5.54 Å². The minimum Gasteiger partial charge on any atom is -0.259 e. The molecule has 5 heteroatoms. The molecule has 0 aromatic carbocycles. The molecule has 0 bridgehead atoms. The van der Waals surface area contributed by atoms with Gasteiger partial charge in [0.2, 0.25) is 0 Å². The number of nitrogens with zero attached hydrogens (tertiary/aromatic N) is 3. The van der Waals surface area contributed by atoms with Crippen LogP contribution in [0.4, 0.5) is 4.79 Å². The lowest BCUT2D eigenvalue weighted by Crippen LogP contribution is -2.60. The summed E-state index contributed by atoms with van der Waals surface area (Å²) in [6, 6.07) is 5.06. The maximum Gasteiger partial charge on any atom is 0.344 e. The minimum atomic E-state index is -0.401. The van der Waals surface area contributed by atoms with Gasteiger partial charge in [-0.2, -0.15) is 5.26 Å². The van der Waals surface area contributed by atoms with Crippen molar-refractivity contribution in [3.8, 4) is 6.07 Å². The molecular weight excluding hydrogens is 240 g/mol. The molecule has 0 radical (unpaired) electrons. The highest BCUT2D eigenvalue weighted by molar-refractivity contribution is 5.79.